The predicted molar refractivity (Wildman–Crippen MR) is 62.7 cm³/mol. The Bertz CT molecular complexity index is 319. The van der Waals surface area contributed by atoms with Gasteiger partial charge in [0, 0.05) is 12.2 Å². The van der Waals surface area contributed by atoms with Gasteiger partial charge in [-0.1, -0.05) is 26.0 Å². The Morgan fingerprint density at radius 2 is 2.00 bits per heavy atom. The molecule has 1 aromatic carbocycles. The largest absolute Gasteiger partial charge is 0.384 e. The van der Waals surface area contributed by atoms with Gasteiger partial charge in [0.05, 0.1) is 5.92 Å². The minimum absolute atomic E-state index is 0.143. The first kappa shape index (κ1) is 11.6. The molecule has 0 saturated heterocycles. The number of rotatable bonds is 5. The van der Waals surface area contributed by atoms with Crippen LogP contribution in [0.5, 0.6) is 0 Å². The van der Waals surface area contributed by atoms with Crippen molar-refractivity contribution in [3.63, 3.8) is 0 Å². The Hall–Kier alpha value is -1.51. The number of nitrogens with two attached hydrogens (primary N) is 1. The lowest BCUT2D eigenvalue weighted by molar-refractivity contribution is -0.120. The van der Waals surface area contributed by atoms with Gasteiger partial charge in [-0.2, -0.15) is 0 Å². The van der Waals surface area contributed by atoms with E-state index in [-0.39, 0.29) is 11.8 Å². The number of hydrogen-bond acceptors (Lipinski definition) is 2. The summed E-state index contributed by atoms with van der Waals surface area (Å²) in [5.41, 5.74) is 7.50. The summed E-state index contributed by atoms with van der Waals surface area (Å²) in [5, 5.41) is 3.18. The maximum Gasteiger partial charge on any atom is 0.222 e. The highest BCUT2D eigenvalue weighted by Gasteiger charge is 2.07. The Morgan fingerprint density at radius 3 is 2.47 bits per heavy atom. The van der Waals surface area contributed by atoms with E-state index in [4.69, 9.17) is 5.73 Å². The number of aryl methyl sites for hydroxylation is 1. The lowest BCUT2D eigenvalue weighted by Gasteiger charge is -2.10. The fourth-order valence-corrected chi connectivity index (χ4v) is 1.23. The van der Waals surface area contributed by atoms with Crippen molar-refractivity contribution in [2.45, 2.75) is 20.3 Å². The third kappa shape index (κ3) is 3.62. The van der Waals surface area contributed by atoms with Crippen LogP contribution in [0.15, 0.2) is 24.3 Å². The van der Waals surface area contributed by atoms with Gasteiger partial charge in [0.25, 0.3) is 0 Å². The number of carbonyl (C=O) groups is 1. The normalized spacial score (nSPS) is 12.1. The molecule has 1 rings (SSSR count). The molecule has 0 spiro atoms. The van der Waals surface area contributed by atoms with E-state index in [9.17, 15) is 4.79 Å². The fourth-order valence-electron chi connectivity index (χ4n) is 1.23. The predicted octanol–water partition coefficient (Wildman–Crippen LogP) is 1.78. The van der Waals surface area contributed by atoms with Gasteiger partial charge in [-0.15, -0.1) is 0 Å². The zero-order valence-electron chi connectivity index (χ0n) is 9.29. The topological polar surface area (TPSA) is 55.1 Å². The van der Waals surface area contributed by atoms with Crippen LogP contribution in [0.2, 0.25) is 0 Å². The van der Waals surface area contributed by atoms with Crippen LogP contribution >= 0.6 is 0 Å². The summed E-state index contributed by atoms with van der Waals surface area (Å²) in [7, 11) is 0. The van der Waals surface area contributed by atoms with Crippen molar-refractivity contribution in [2.24, 2.45) is 11.7 Å². The second-order valence-corrected chi connectivity index (χ2v) is 3.73. The molecule has 0 heterocycles. The third-order valence-corrected chi connectivity index (χ3v) is 2.46. The van der Waals surface area contributed by atoms with Crippen LogP contribution in [-0.4, -0.2) is 12.5 Å². The van der Waals surface area contributed by atoms with Gasteiger partial charge in [0.15, 0.2) is 0 Å². The van der Waals surface area contributed by atoms with Gasteiger partial charge < -0.3 is 11.1 Å². The Morgan fingerprint density at radius 1 is 1.40 bits per heavy atom. The van der Waals surface area contributed by atoms with Crippen LogP contribution in [0.3, 0.4) is 0 Å². The van der Waals surface area contributed by atoms with Crippen molar-refractivity contribution in [1.29, 1.82) is 0 Å². The van der Waals surface area contributed by atoms with Gasteiger partial charge in [0.2, 0.25) is 5.91 Å². The van der Waals surface area contributed by atoms with Gasteiger partial charge in [-0.05, 0) is 24.1 Å². The lowest BCUT2D eigenvalue weighted by Crippen LogP contribution is -2.26. The van der Waals surface area contributed by atoms with Crippen molar-refractivity contribution >= 4 is 11.6 Å². The first-order valence-electron chi connectivity index (χ1n) is 5.25. The minimum atomic E-state index is -0.271. The molecule has 1 atom stereocenters. The molecule has 15 heavy (non-hydrogen) atoms. The Balaban J connectivity index is 2.47. The summed E-state index contributed by atoms with van der Waals surface area (Å²) in [6, 6.07) is 8.20. The summed E-state index contributed by atoms with van der Waals surface area (Å²) < 4.78 is 0. The van der Waals surface area contributed by atoms with Gasteiger partial charge in [0.1, 0.15) is 0 Å². The fraction of sp³-hybridized carbons (Fsp3) is 0.417. The van der Waals surface area contributed by atoms with E-state index in [1.807, 2.05) is 19.1 Å². The molecule has 82 valence electrons. The van der Waals surface area contributed by atoms with Gasteiger partial charge >= 0.3 is 0 Å². The third-order valence-electron chi connectivity index (χ3n) is 2.46. The number of primary amides is 1. The van der Waals surface area contributed by atoms with Crippen molar-refractivity contribution < 1.29 is 4.79 Å². The molecule has 0 aliphatic heterocycles. The highest BCUT2D eigenvalue weighted by molar-refractivity contribution is 5.76. The number of hydrogen-bond donors (Lipinski definition) is 2. The highest BCUT2D eigenvalue weighted by Crippen LogP contribution is 2.10. The number of amides is 1. The number of benzene rings is 1. The summed E-state index contributed by atoms with van der Waals surface area (Å²) >= 11 is 0. The average molecular weight is 206 g/mol. The second kappa shape index (κ2) is 5.39. The average Bonchev–Trinajstić information content (AvgIpc) is 2.26. The molecule has 0 aromatic heterocycles. The molecular formula is C12H18N2O. The summed E-state index contributed by atoms with van der Waals surface area (Å²) in [5.74, 6) is -0.413. The van der Waals surface area contributed by atoms with Crippen LogP contribution in [0.1, 0.15) is 19.4 Å². The smallest absolute Gasteiger partial charge is 0.222 e. The van der Waals surface area contributed by atoms with E-state index in [1.165, 1.54) is 5.56 Å². The van der Waals surface area contributed by atoms with E-state index in [0.29, 0.717) is 6.54 Å². The number of nitrogens with one attached hydrogen (secondary N) is 1. The molecule has 3 nitrogen and oxygen atoms in total. The maximum atomic E-state index is 10.8. The van der Waals surface area contributed by atoms with E-state index in [2.05, 4.69) is 24.4 Å². The molecule has 0 fully saturated rings. The monoisotopic (exact) mass is 206 g/mol. The molecule has 1 aromatic rings. The van der Waals surface area contributed by atoms with Crippen LogP contribution in [0, 0.1) is 5.92 Å². The Labute approximate surface area is 90.7 Å². The van der Waals surface area contributed by atoms with Crippen LogP contribution in [0.4, 0.5) is 5.69 Å². The van der Waals surface area contributed by atoms with Crippen molar-refractivity contribution in [3.05, 3.63) is 29.8 Å². The van der Waals surface area contributed by atoms with Crippen molar-refractivity contribution in [3.8, 4) is 0 Å². The first-order chi connectivity index (χ1) is 7.13. The Kier molecular flexibility index (Phi) is 4.16. The summed E-state index contributed by atoms with van der Waals surface area (Å²) in [6.45, 7) is 4.52. The van der Waals surface area contributed by atoms with E-state index in [0.717, 1.165) is 12.1 Å². The van der Waals surface area contributed by atoms with Gasteiger partial charge in [-0.25, -0.2) is 0 Å². The van der Waals surface area contributed by atoms with Gasteiger partial charge in [-0.3, -0.25) is 4.79 Å². The van der Waals surface area contributed by atoms with Crippen molar-refractivity contribution in [2.75, 3.05) is 11.9 Å². The van der Waals surface area contributed by atoms with Crippen LogP contribution < -0.4 is 11.1 Å². The second-order valence-electron chi connectivity index (χ2n) is 3.73. The summed E-state index contributed by atoms with van der Waals surface area (Å²) in [6.07, 6.45) is 1.04. The number of anilines is 1. The number of carbonyl (C=O) groups excluding carboxylic acids is 1. The molecule has 0 saturated carbocycles. The molecule has 0 bridgehead atoms. The molecule has 3 N–H and O–H groups in total. The lowest BCUT2D eigenvalue weighted by atomic mass is 10.1. The minimum Gasteiger partial charge on any atom is -0.384 e. The molecule has 1 amide bonds. The van der Waals surface area contributed by atoms with E-state index >= 15 is 0 Å². The molecular weight excluding hydrogens is 188 g/mol. The highest BCUT2D eigenvalue weighted by atomic mass is 16.1. The van der Waals surface area contributed by atoms with E-state index in [1.54, 1.807) is 0 Å². The van der Waals surface area contributed by atoms with Crippen LogP contribution in [0.25, 0.3) is 0 Å². The van der Waals surface area contributed by atoms with Crippen LogP contribution in [-0.2, 0) is 11.2 Å². The first-order valence-corrected chi connectivity index (χ1v) is 5.25. The molecule has 0 aliphatic carbocycles. The maximum absolute atomic E-state index is 10.8. The molecule has 3 heteroatoms. The zero-order valence-corrected chi connectivity index (χ0v) is 9.29. The SMILES string of the molecule is CCc1ccc(NCC(C)C(N)=O)cc1. The van der Waals surface area contributed by atoms with Crippen molar-refractivity contribution in [1.82, 2.24) is 0 Å². The zero-order chi connectivity index (χ0) is 11.3. The molecule has 0 aliphatic rings. The van der Waals surface area contributed by atoms with E-state index < -0.39 is 0 Å². The molecule has 0 radical (unpaired) electrons. The molecule has 1 unspecified atom stereocenters. The quantitative estimate of drug-likeness (QED) is 0.771. The summed E-state index contributed by atoms with van der Waals surface area (Å²) in [4.78, 5) is 10.8. The standard InChI is InChI=1S/C12H18N2O/c1-3-10-4-6-11(7-5-10)14-8-9(2)12(13)15/h4-7,9,14H,3,8H2,1-2H3,(H2,13,15).